The molecule has 1 aliphatic heterocycles. The number of carbonyl (C=O) groups is 1. The lowest BCUT2D eigenvalue weighted by atomic mass is 9.92. The number of rotatable bonds is 2. The molecule has 4 heteroatoms. The van der Waals surface area contributed by atoms with Gasteiger partial charge in [-0.25, -0.2) is 0 Å². The van der Waals surface area contributed by atoms with Gasteiger partial charge in [0.2, 0.25) is 5.91 Å². The molecule has 1 aromatic heterocycles. The normalized spacial score (nSPS) is 29.6. The number of hydrogen-bond donors (Lipinski definition) is 1. The lowest BCUT2D eigenvalue weighted by molar-refractivity contribution is -0.136. The van der Waals surface area contributed by atoms with Gasteiger partial charge >= 0.3 is 0 Å². The van der Waals surface area contributed by atoms with Gasteiger partial charge in [-0.2, -0.15) is 0 Å². The topological polar surface area (TPSA) is 32.3 Å². The second-order valence-corrected chi connectivity index (χ2v) is 7.84. The third-order valence-electron chi connectivity index (χ3n) is 5.57. The van der Waals surface area contributed by atoms with Crippen LogP contribution < -0.4 is 5.32 Å². The molecule has 3 fully saturated rings. The third-order valence-corrected chi connectivity index (χ3v) is 6.50. The molecular formula is C17H24N2OS. The predicted octanol–water partition coefficient (Wildman–Crippen LogP) is 3.82. The van der Waals surface area contributed by atoms with Gasteiger partial charge < -0.3 is 4.90 Å². The zero-order valence-electron chi connectivity index (χ0n) is 12.5. The fourth-order valence-electron chi connectivity index (χ4n) is 4.49. The van der Waals surface area contributed by atoms with Crippen molar-refractivity contribution in [1.82, 2.24) is 10.2 Å². The van der Waals surface area contributed by atoms with E-state index in [0.717, 1.165) is 12.8 Å². The van der Waals surface area contributed by atoms with Crippen molar-refractivity contribution >= 4 is 17.2 Å². The van der Waals surface area contributed by atoms with Gasteiger partial charge in [0.25, 0.3) is 0 Å². The zero-order chi connectivity index (χ0) is 14.3. The number of hydrogen-bond acceptors (Lipinski definition) is 3. The summed E-state index contributed by atoms with van der Waals surface area (Å²) in [7, 11) is 0. The fraction of sp³-hybridized carbons (Fsp3) is 0.706. The molecule has 1 saturated heterocycles. The Kier molecular flexibility index (Phi) is 3.54. The first kappa shape index (κ1) is 13.8. The van der Waals surface area contributed by atoms with E-state index < -0.39 is 0 Å². The van der Waals surface area contributed by atoms with E-state index in [1.165, 1.54) is 49.8 Å². The molecule has 0 aromatic carbocycles. The van der Waals surface area contributed by atoms with Gasteiger partial charge in [-0.1, -0.05) is 38.2 Å². The van der Waals surface area contributed by atoms with Gasteiger partial charge in [0, 0.05) is 10.9 Å². The lowest BCUT2D eigenvalue weighted by Gasteiger charge is -2.35. The van der Waals surface area contributed by atoms with Crippen LogP contribution in [-0.4, -0.2) is 22.4 Å². The van der Waals surface area contributed by atoms with Crippen LogP contribution in [0.5, 0.6) is 0 Å². The summed E-state index contributed by atoms with van der Waals surface area (Å²) in [5, 5.41) is 5.88. The Hall–Kier alpha value is -0.870. The summed E-state index contributed by atoms with van der Waals surface area (Å²) >= 11 is 1.78. The van der Waals surface area contributed by atoms with E-state index in [0.29, 0.717) is 11.9 Å². The predicted molar refractivity (Wildman–Crippen MR) is 85.1 cm³/mol. The summed E-state index contributed by atoms with van der Waals surface area (Å²) in [6, 6.07) is 4.73. The van der Waals surface area contributed by atoms with Crippen LogP contribution in [0.15, 0.2) is 17.5 Å². The van der Waals surface area contributed by atoms with E-state index in [4.69, 9.17) is 0 Å². The van der Waals surface area contributed by atoms with Crippen molar-refractivity contribution in [2.24, 2.45) is 0 Å². The van der Waals surface area contributed by atoms with Crippen molar-refractivity contribution in [3.8, 4) is 0 Å². The molecule has 2 heterocycles. The van der Waals surface area contributed by atoms with Crippen molar-refractivity contribution in [3.05, 3.63) is 22.4 Å². The van der Waals surface area contributed by atoms with Gasteiger partial charge in [0.05, 0.1) is 5.54 Å². The monoisotopic (exact) mass is 304 g/mol. The van der Waals surface area contributed by atoms with Gasteiger partial charge in [-0.15, -0.1) is 11.3 Å². The molecule has 4 rings (SSSR count). The van der Waals surface area contributed by atoms with Crippen LogP contribution >= 0.6 is 11.3 Å². The van der Waals surface area contributed by atoms with E-state index in [-0.39, 0.29) is 11.7 Å². The molecule has 1 unspecified atom stereocenters. The first-order valence-corrected chi connectivity index (χ1v) is 9.32. The Labute approximate surface area is 130 Å². The average molecular weight is 304 g/mol. The van der Waals surface area contributed by atoms with Crippen LogP contribution in [0.25, 0.3) is 0 Å². The molecule has 1 atom stereocenters. The van der Waals surface area contributed by atoms with Gasteiger partial charge in [-0.05, 0) is 37.1 Å². The van der Waals surface area contributed by atoms with Gasteiger partial charge in [-0.3, -0.25) is 10.1 Å². The summed E-state index contributed by atoms with van der Waals surface area (Å²) in [6.07, 6.45) is 10.8. The molecule has 2 saturated carbocycles. The smallest absolute Gasteiger partial charge is 0.244 e. The molecule has 1 spiro atoms. The highest BCUT2D eigenvalue weighted by atomic mass is 32.1. The molecule has 0 bridgehead atoms. The second kappa shape index (κ2) is 5.40. The molecule has 1 aromatic rings. The molecule has 3 nitrogen and oxygen atoms in total. The molecule has 0 radical (unpaired) electrons. The number of nitrogens with one attached hydrogen (secondary N) is 1. The quantitative estimate of drug-likeness (QED) is 0.900. The molecular weight excluding hydrogens is 280 g/mol. The molecule has 2 aliphatic carbocycles. The summed E-state index contributed by atoms with van der Waals surface area (Å²) < 4.78 is 0. The molecule has 21 heavy (non-hydrogen) atoms. The van der Waals surface area contributed by atoms with E-state index in [1.54, 1.807) is 11.3 Å². The Morgan fingerprint density at radius 3 is 2.57 bits per heavy atom. The summed E-state index contributed by atoms with van der Waals surface area (Å²) in [4.78, 5) is 16.7. The van der Waals surface area contributed by atoms with Gasteiger partial charge in [0.15, 0.2) is 0 Å². The minimum Gasteiger partial charge on any atom is -0.317 e. The second-order valence-electron chi connectivity index (χ2n) is 6.86. The van der Waals surface area contributed by atoms with Crippen molar-refractivity contribution in [3.63, 3.8) is 0 Å². The standard InChI is InChI=1S/C17H24N2OS/c20-16-17(10-4-5-11-17)18-15(14-9-6-12-21-14)19(16)13-7-2-1-3-8-13/h6,9,12-13,15,18H,1-5,7-8,10-11H2. The van der Waals surface area contributed by atoms with E-state index >= 15 is 0 Å². The Bertz CT molecular complexity index is 501. The van der Waals surface area contributed by atoms with E-state index in [1.807, 2.05) is 0 Å². The minimum absolute atomic E-state index is 0.124. The maximum absolute atomic E-state index is 13.2. The third kappa shape index (κ3) is 2.23. The summed E-state index contributed by atoms with van der Waals surface area (Å²) in [6.45, 7) is 0. The van der Waals surface area contributed by atoms with Crippen LogP contribution in [0.3, 0.4) is 0 Å². The molecule has 3 aliphatic rings. The molecule has 114 valence electrons. The maximum Gasteiger partial charge on any atom is 0.244 e. The van der Waals surface area contributed by atoms with Crippen molar-refractivity contribution in [1.29, 1.82) is 0 Å². The van der Waals surface area contributed by atoms with E-state index in [2.05, 4.69) is 27.7 Å². The van der Waals surface area contributed by atoms with E-state index in [9.17, 15) is 4.79 Å². The highest BCUT2D eigenvalue weighted by Gasteiger charge is 2.54. The first-order valence-electron chi connectivity index (χ1n) is 8.44. The highest BCUT2D eigenvalue weighted by Crippen LogP contribution is 2.44. The van der Waals surface area contributed by atoms with Crippen LogP contribution in [-0.2, 0) is 4.79 Å². The minimum atomic E-state index is -0.244. The van der Waals surface area contributed by atoms with Crippen LogP contribution in [0.1, 0.15) is 68.8 Å². The van der Waals surface area contributed by atoms with Crippen molar-refractivity contribution in [2.75, 3.05) is 0 Å². The van der Waals surface area contributed by atoms with Crippen molar-refractivity contribution < 1.29 is 4.79 Å². The maximum atomic E-state index is 13.2. The Morgan fingerprint density at radius 2 is 1.90 bits per heavy atom. The SMILES string of the molecule is O=C1N(C2CCCCC2)C(c2cccs2)NC12CCCC2. The Balaban J connectivity index is 1.67. The van der Waals surface area contributed by atoms with Crippen LogP contribution in [0.2, 0.25) is 0 Å². The molecule has 1 N–H and O–H groups in total. The van der Waals surface area contributed by atoms with Crippen molar-refractivity contribution in [2.45, 2.75) is 75.5 Å². The summed E-state index contributed by atoms with van der Waals surface area (Å²) in [5.74, 6) is 0.394. The number of amides is 1. The number of thiophene rings is 1. The zero-order valence-corrected chi connectivity index (χ0v) is 13.3. The summed E-state index contributed by atoms with van der Waals surface area (Å²) in [5.41, 5.74) is -0.244. The highest BCUT2D eigenvalue weighted by molar-refractivity contribution is 7.10. The number of nitrogens with zero attached hydrogens (tertiary/aromatic N) is 1. The van der Waals surface area contributed by atoms with Crippen LogP contribution in [0.4, 0.5) is 0 Å². The lowest BCUT2D eigenvalue weighted by Crippen LogP contribution is -2.46. The average Bonchev–Trinajstić information content (AvgIpc) is 3.24. The first-order chi connectivity index (χ1) is 10.3. The van der Waals surface area contributed by atoms with Gasteiger partial charge in [0.1, 0.15) is 6.17 Å². The fourth-order valence-corrected chi connectivity index (χ4v) is 5.26. The number of carbonyl (C=O) groups excluding carboxylic acids is 1. The molecule has 1 amide bonds. The largest absolute Gasteiger partial charge is 0.317 e. The Morgan fingerprint density at radius 1 is 1.14 bits per heavy atom. The van der Waals surface area contributed by atoms with Crippen LogP contribution in [0, 0.1) is 0 Å².